The molecule has 0 fully saturated rings. The molecule has 0 aliphatic carbocycles. The molecule has 0 aliphatic heterocycles. The van der Waals surface area contributed by atoms with Gasteiger partial charge in [0, 0.05) is 17.1 Å². The Balaban J connectivity index is 1.51. The monoisotopic (exact) mass is 397 g/mol. The van der Waals surface area contributed by atoms with Crippen LogP contribution in [0.2, 0.25) is 5.02 Å². The van der Waals surface area contributed by atoms with Crippen LogP contribution in [0.5, 0.6) is 0 Å². The van der Waals surface area contributed by atoms with Gasteiger partial charge in [-0.05, 0) is 42.0 Å². The molecule has 0 spiro atoms. The molecule has 2 heterocycles. The Morgan fingerprint density at radius 3 is 2.61 bits per heavy atom. The van der Waals surface area contributed by atoms with Crippen LogP contribution in [0, 0.1) is 10.1 Å². The van der Waals surface area contributed by atoms with Gasteiger partial charge in [-0.2, -0.15) is 0 Å². The number of anilines is 1. The molecule has 2 aromatic carbocycles. The first kappa shape index (κ1) is 17.7. The van der Waals surface area contributed by atoms with Gasteiger partial charge in [-0.15, -0.1) is 0 Å². The average Bonchev–Trinajstić information content (AvgIpc) is 3.30. The highest BCUT2D eigenvalue weighted by molar-refractivity contribution is 6.30. The minimum Gasteiger partial charge on any atom is -0.440 e. The van der Waals surface area contributed by atoms with E-state index in [-0.39, 0.29) is 5.76 Å². The number of aromatic nitrogens is 1. The number of nitro groups is 1. The summed E-state index contributed by atoms with van der Waals surface area (Å²) < 4.78 is 10.6. The zero-order chi connectivity index (χ0) is 19.7. The van der Waals surface area contributed by atoms with E-state index in [2.05, 4.69) is 10.3 Å². The lowest BCUT2D eigenvalue weighted by molar-refractivity contribution is -0.402. The number of amides is 1. The molecule has 0 aliphatic rings. The van der Waals surface area contributed by atoms with Crippen LogP contribution in [-0.4, -0.2) is 15.8 Å². The van der Waals surface area contributed by atoms with E-state index in [4.69, 9.17) is 20.4 Å². The van der Waals surface area contributed by atoms with Crippen LogP contribution >= 0.6 is 11.6 Å². The van der Waals surface area contributed by atoms with Crippen molar-refractivity contribution < 1.29 is 18.6 Å². The SMILES string of the molecule is O=C(Nc1ccc2oc(Cc3ccc(Cl)cc3)nc2c1)c1ccc([N+](=O)[O-])o1. The molecule has 0 radical (unpaired) electrons. The largest absolute Gasteiger partial charge is 0.440 e. The Hall–Kier alpha value is -3.65. The second-order valence-electron chi connectivity index (χ2n) is 5.94. The van der Waals surface area contributed by atoms with Crippen molar-refractivity contribution in [2.75, 3.05) is 5.32 Å². The van der Waals surface area contributed by atoms with Gasteiger partial charge in [-0.25, -0.2) is 4.98 Å². The topological polar surface area (TPSA) is 111 Å². The number of furan rings is 1. The molecule has 0 saturated carbocycles. The van der Waals surface area contributed by atoms with Crippen LogP contribution in [0.25, 0.3) is 11.1 Å². The number of hydrogen-bond donors (Lipinski definition) is 1. The summed E-state index contributed by atoms with van der Waals surface area (Å²) in [5.74, 6) is -0.723. The number of nitrogens with zero attached hydrogens (tertiary/aromatic N) is 2. The third-order valence-electron chi connectivity index (χ3n) is 3.95. The van der Waals surface area contributed by atoms with Crippen molar-refractivity contribution >= 4 is 40.2 Å². The number of fused-ring (bicyclic) bond motifs is 1. The van der Waals surface area contributed by atoms with Gasteiger partial charge in [-0.1, -0.05) is 23.7 Å². The Labute approximate surface area is 162 Å². The van der Waals surface area contributed by atoms with Gasteiger partial charge in [0.25, 0.3) is 5.91 Å². The maximum atomic E-state index is 12.2. The summed E-state index contributed by atoms with van der Waals surface area (Å²) in [7, 11) is 0. The molecule has 4 rings (SSSR count). The lowest BCUT2D eigenvalue weighted by atomic mass is 10.1. The minimum absolute atomic E-state index is 0.157. The average molecular weight is 398 g/mol. The van der Waals surface area contributed by atoms with Crippen molar-refractivity contribution in [1.82, 2.24) is 4.98 Å². The molecule has 9 heteroatoms. The van der Waals surface area contributed by atoms with E-state index in [1.807, 2.05) is 12.1 Å². The third kappa shape index (κ3) is 3.72. The number of oxazole rings is 1. The lowest BCUT2D eigenvalue weighted by Gasteiger charge is -2.01. The molecule has 1 N–H and O–H groups in total. The molecule has 0 bridgehead atoms. The molecule has 8 nitrogen and oxygen atoms in total. The van der Waals surface area contributed by atoms with Gasteiger partial charge in [0.15, 0.2) is 17.2 Å². The van der Waals surface area contributed by atoms with Crippen molar-refractivity contribution in [3.63, 3.8) is 0 Å². The quantitative estimate of drug-likeness (QED) is 0.381. The standard InChI is InChI=1S/C19H12ClN3O5/c20-12-3-1-11(2-4-12)9-17-22-14-10-13(5-6-15(14)27-17)21-19(24)16-7-8-18(28-16)23(25)26/h1-8,10H,9H2,(H,21,24). The highest BCUT2D eigenvalue weighted by atomic mass is 35.5. The fourth-order valence-corrected chi connectivity index (χ4v) is 2.77. The predicted octanol–water partition coefficient (Wildman–Crippen LogP) is 4.83. The first-order valence-corrected chi connectivity index (χ1v) is 8.55. The zero-order valence-corrected chi connectivity index (χ0v) is 15.0. The van der Waals surface area contributed by atoms with Crippen molar-refractivity contribution in [3.05, 3.63) is 86.9 Å². The molecule has 1 amide bonds. The van der Waals surface area contributed by atoms with Gasteiger partial charge >= 0.3 is 5.88 Å². The van der Waals surface area contributed by atoms with E-state index in [1.165, 1.54) is 6.07 Å². The Bertz CT molecular complexity index is 1180. The third-order valence-corrected chi connectivity index (χ3v) is 4.21. The van der Waals surface area contributed by atoms with E-state index < -0.39 is 16.7 Å². The maximum absolute atomic E-state index is 12.2. The zero-order valence-electron chi connectivity index (χ0n) is 14.2. The van der Waals surface area contributed by atoms with E-state index in [1.54, 1.807) is 30.3 Å². The second kappa shape index (κ2) is 7.16. The first-order chi connectivity index (χ1) is 13.5. The van der Waals surface area contributed by atoms with Crippen LogP contribution in [0.3, 0.4) is 0 Å². The molecule has 0 unspecified atom stereocenters. The summed E-state index contributed by atoms with van der Waals surface area (Å²) in [5, 5.41) is 13.9. The number of hydrogen-bond acceptors (Lipinski definition) is 6. The summed E-state index contributed by atoms with van der Waals surface area (Å²) >= 11 is 5.89. The predicted molar refractivity (Wildman–Crippen MR) is 102 cm³/mol. The second-order valence-corrected chi connectivity index (χ2v) is 6.38. The van der Waals surface area contributed by atoms with E-state index in [0.717, 1.165) is 11.6 Å². The number of benzene rings is 2. The smallest absolute Gasteiger partial charge is 0.433 e. The number of rotatable bonds is 5. The summed E-state index contributed by atoms with van der Waals surface area (Å²) in [4.78, 5) is 26.6. The molecule has 4 aromatic rings. The fourth-order valence-electron chi connectivity index (χ4n) is 2.65. The van der Waals surface area contributed by atoms with Gasteiger partial charge in [0.05, 0.1) is 6.07 Å². The van der Waals surface area contributed by atoms with E-state index in [9.17, 15) is 14.9 Å². The molecule has 0 atom stereocenters. The fraction of sp³-hybridized carbons (Fsp3) is 0.0526. The Morgan fingerprint density at radius 1 is 1.11 bits per heavy atom. The number of carbonyl (C=O) groups excluding carboxylic acids is 1. The summed E-state index contributed by atoms with van der Waals surface area (Å²) in [6.07, 6.45) is 0.504. The lowest BCUT2D eigenvalue weighted by Crippen LogP contribution is -2.10. The maximum Gasteiger partial charge on any atom is 0.433 e. The van der Waals surface area contributed by atoms with Crippen LogP contribution in [0.1, 0.15) is 22.0 Å². The molecule has 0 saturated heterocycles. The van der Waals surface area contributed by atoms with Gasteiger partial charge in [-0.3, -0.25) is 14.9 Å². The summed E-state index contributed by atoms with van der Waals surface area (Å²) in [6, 6.07) is 14.7. The molecule has 28 heavy (non-hydrogen) atoms. The highest BCUT2D eigenvalue weighted by Crippen LogP contribution is 2.23. The molecular weight excluding hydrogens is 386 g/mol. The van der Waals surface area contributed by atoms with Crippen LogP contribution in [-0.2, 0) is 6.42 Å². The number of carbonyl (C=O) groups is 1. The summed E-state index contributed by atoms with van der Waals surface area (Å²) in [5.41, 5.74) is 2.62. The molecule has 140 valence electrons. The summed E-state index contributed by atoms with van der Waals surface area (Å²) in [6.45, 7) is 0. The normalized spacial score (nSPS) is 10.9. The van der Waals surface area contributed by atoms with Crippen LogP contribution in [0.15, 0.2) is 63.4 Å². The van der Waals surface area contributed by atoms with Crippen molar-refractivity contribution in [1.29, 1.82) is 0 Å². The van der Waals surface area contributed by atoms with Gasteiger partial charge < -0.3 is 14.2 Å². The number of nitrogens with one attached hydrogen (secondary N) is 1. The van der Waals surface area contributed by atoms with Crippen LogP contribution in [0.4, 0.5) is 11.6 Å². The molecule has 2 aromatic heterocycles. The first-order valence-electron chi connectivity index (χ1n) is 8.17. The van der Waals surface area contributed by atoms with Crippen molar-refractivity contribution in [3.8, 4) is 0 Å². The van der Waals surface area contributed by atoms with Gasteiger partial charge in [0.2, 0.25) is 0 Å². The van der Waals surface area contributed by atoms with Crippen molar-refractivity contribution in [2.45, 2.75) is 6.42 Å². The highest BCUT2D eigenvalue weighted by Gasteiger charge is 2.18. The van der Waals surface area contributed by atoms with E-state index >= 15 is 0 Å². The molecular formula is C19H12ClN3O5. The number of halogens is 1. The van der Waals surface area contributed by atoms with Crippen molar-refractivity contribution in [2.24, 2.45) is 0 Å². The van der Waals surface area contributed by atoms with Crippen LogP contribution < -0.4 is 5.32 Å². The Kier molecular flexibility index (Phi) is 4.54. The minimum atomic E-state index is -0.708. The van der Waals surface area contributed by atoms with Gasteiger partial charge in [0.1, 0.15) is 10.4 Å². The Morgan fingerprint density at radius 2 is 1.89 bits per heavy atom. The van der Waals surface area contributed by atoms with E-state index in [0.29, 0.717) is 34.1 Å².